The minimum Gasteiger partial charge on any atom is -0.494 e. The molecule has 1 heterocycles. The molecule has 1 aliphatic rings. The van der Waals surface area contributed by atoms with Gasteiger partial charge in [0.25, 0.3) is 0 Å². The quantitative estimate of drug-likeness (QED) is 0.824. The molecule has 1 aromatic carbocycles. The molecule has 5 heteroatoms. The number of ether oxygens (including phenoxy) is 1. The van der Waals surface area contributed by atoms with Gasteiger partial charge in [-0.25, -0.2) is 0 Å². The Hall–Kier alpha value is -2.04. The van der Waals surface area contributed by atoms with Crippen molar-refractivity contribution in [1.82, 2.24) is 10.6 Å². The van der Waals surface area contributed by atoms with E-state index in [0.29, 0.717) is 26.0 Å². The molecule has 2 N–H and O–H groups in total. The van der Waals surface area contributed by atoms with Gasteiger partial charge in [-0.2, -0.15) is 0 Å². The second-order valence-corrected chi connectivity index (χ2v) is 4.87. The van der Waals surface area contributed by atoms with Crippen LogP contribution in [0, 0.1) is 0 Å². The van der Waals surface area contributed by atoms with E-state index in [2.05, 4.69) is 17.6 Å². The van der Waals surface area contributed by atoms with Crippen molar-refractivity contribution in [3.63, 3.8) is 0 Å². The van der Waals surface area contributed by atoms with Gasteiger partial charge in [-0.15, -0.1) is 0 Å². The van der Waals surface area contributed by atoms with Crippen LogP contribution >= 0.6 is 0 Å². The van der Waals surface area contributed by atoms with Gasteiger partial charge >= 0.3 is 0 Å². The number of nitrogens with one attached hydrogen (secondary N) is 2. The van der Waals surface area contributed by atoms with Crippen molar-refractivity contribution in [2.24, 2.45) is 0 Å². The smallest absolute Gasteiger partial charge is 0.242 e. The van der Waals surface area contributed by atoms with E-state index in [4.69, 9.17) is 4.74 Å². The summed E-state index contributed by atoms with van der Waals surface area (Å²) in [7, 11) is 0. The summed E-state index contributed by atoms with van der Waals surface area (Å²) in [6.45, 7) is 3.22. The molecule has 0 spiro atoms. The first-order valence-corrected chi connectivity index (χ1v) is 6.98. The monoisotopic (exact) mass is 276 g/mol. The molecule has 0 bridgehead atoms. The summed E-state index contributed by atoms with van der Waals surface area (Å²) in [6.07, 6.45) is 1.99. The van der Waals surface area contributed by atoms with E-state index in [-0.39, 0.29) is 17.9 Å². The van der Waals surface area contributed by atoms with Crippen LogP contribution in [0.1, 0.15) is 31.7 Å². The number of benzene rings is 1. The van der Waals surface area contributed by atoms with Gasteiger partial charge < -0.3 is 15.4 Å². The average Bonchev–Trinajstić information content (AvgIpc) is 2.90. The van der Waals surface area contributed by atoms with Crippen LogP contribution in [0.15, 0.2) is 24.3 Å². The molecule has 1 aromatic rings. The summed E-state index contributed by atoms with van der Waals surface area (Å²) in [5, 5.41) is 5.48. The van der Waals surface area contributed by atoms with Gasteiger partial charge in [0.05, 0.1) is 6.61 Å². The molecule has 2 rings (SSSR count). The lowest BCUT2D eigenvalue weighted by atomic mass is 10.2. The van der Waals surface area contributed by atoms with Gasteiger partial charge in [0, 0.05) is 13.0 Å². The minimum atomic E-state index is -0.380. The minimum absolute atomic E-state index is 0.0532. The van der Waals surface area contributed by atoms with Crippen LogP contribution in [0.2, 0.25) is 0 Å². The maximum absolute atomic E-state index is 11.8. The van der Waals surface area contributed by atoms with Crippen molar-refractivity contribution in [3.05, 3.63) is 29.8 Å². The number of carbonyl (C=O) groups excluding carboxylic acids is 2. The number of amides is 2. The third kappa shape index (κ3) is 3.98. The molecule has 0 radical (unpaired) electrons. The lowest BCUT2D eigenvalue weighted by molar-refractivity contribution is -0.125. The zero-order valence-corrected chi connectivity index (χ0v) is 11.6. The first-order chi connectivity index (χ1) is 9.69. The second kappa shape index (κ2) is 6.93. The highest BCUT2D eigenvalue weighted by Gasteiger charge is 2.26. The van der Waals surface area contributed by atoms with Crippen molar-refractivity contribution in [1.29, 1.82) is 0 Å². The van der Waals surface area contributed by atoms with Crippen LogP contribution in [0.25, 0.3) is 0 Å². The third-order valence-corrected chi connectivity index (χ3v) is 3.17. The predicted molar refractivity (Wildman–Crippen MR) is 75.2 cm³/mol. The summed E-state index contributed by atoms with van der Waals surface area (Å²) in [4.78, 5) is 22.9. The lowest BCUT2D eigenvalue weighted by Crippen LogP contribution is -2.41. The largest absolute Gasteiger partial charge is 0.494 e. The summed E-state index contributed by atoms with van der Waals surface area (Å²) in [5.41, 5.74) is 1.01. The normalized spacial score (nSPS) is 17.6. The highest BCUT2D eigenvalue weighted by Crippen LogP contribution is 2.12. The van der Waals surface area contributed by atoms with Gasteiger partial charge in [0.1, 0.15) is 11.8 Å². The molecule has 1 fully saturated rings. The fraction of sp³-hybridized carbons (Fsp3) is 0.467. The summed E-state index contributed by atoms with van der Waals surface area (Å²) in [6, 6.07) is 7.27. The van der Waals surface area contributed by atoms with E-state index in [0.717, 1.165) is 17.7 Å². The van der Waals surface area contributed by atoms with Crippen LogP contribution in [-0.4, -0.2) is 24.5 Å². The Bertz CT molecular complexity index is 471. The topological polar surface area (TPSA) is 67.4 Å². The first-order valence-electron chi connectivity index (χ1n) is 6.98. The lowest BCUT2D eigenvalue weighted by Gasteiger charge is -2.11. The summed E-state index contributed by atoms with van der Waals surface area (Å²) >= 11 is 0. The van der Waals surface area contributed by atoms with Gasteiger partial charge in [-0.1, -0.05) is 19.1 Å². The molecule has 1 aliphatic heterocycles. The van der Waals surface area contributed by atoms with Crippen molar-refractivity contribution in [2.45, 2.75) is 38.8 Å². The van der Waals surface area contributed by atoms with E-state index in [9.17, 15) is 9.59 Å². The molecule has 2 amide bonds. The molecule has 5 nitrogen and oxygen atoms in total. The Balaban J connectivity index is 1.78. The Labute approximate surface area is 118 Å². The molecule has 0 aromatic heterocycles. The molecule has 20 heavy (non-hydrogen) atoms. The van der Waals surface area contributed by atoms with Crippen molar-refractivity contribution < 1.29 is 14.3 Å². The Morgan fingerprint density at radius 3 is 2.75 bits per heavy atom. The van der Waals surface area contributed by atoms with Crippen LogP contribution in [0.4, 0.5) is 0 Å². The fourth-order valence-corrected chi connectivity index (χ4v) is 2.05. The molecule has 1 saturated heterocycles. The summed E-state index contributed by atoms with van der Waals surface area (Å²) in [5.74, 6) is 0.662. The van der Waals surface area contributed by atoms with Crippen LogP contribution in [-0.2, 0) is 16.1 Å². The van der Waals surface area contributed by atoms with Crippen molar-refractivity contribution in [2.75, 3.05) is 6.61 Å². The molecule has 0 saturated carbocycles. The molecule has 1 atom stereocenters. The third-order valence-electron chi connectivity index (χ3n) is 3.17. The summed E-state index contributed by atoms with van der Waals surface area (Å²) < 4.78 is 5.49. The maximum Gasteiger partial charge on any atom is 0.242 e. The fourth-order valence-electron chi connectivity index (χ4n) is 2.05. The maximum atomic E-state index is 11.8. The van der Waals surface area contributed by atoms with E-state index in [1.165, 1.54) is 0 Å². The Morgan fingerprint density at radius 1 is 1.40 bits per heavy atom. The van der Waals surface area contributed by atoms with E-state index in [1.54, 1.807) is 0 Å². The van der Waals surface area contributed by atoms with Crippen LogP contribution < -0.4 is 15.4 Å². The molecular weight excluding hydrogens is 256 g/mol. The number of hydrogen-bond donors (Lipinski definition) is 2. The van der Waals surface area contributed by atoms with Gasteiger partial charge in [-0.3, -0.25) is 9.59 Å². The molecule has 0 aliphatic carbocycles. The van der Waals surface area contributed by atoms with Gasteiger partial charge in [0.2, 0.25) is 11.8 Å². The first kappa shape index (κ1) is 14.4. The zero-order valence-electron chi connectivity index (χ0n) is 11.6. The predicted octanol–water partition coefficient (Wildman–Crippen LogP) is 1.37. The Kier molecular flexibility index (Phi) is 4.98. The number of hydrogen-bond acceptors (Lipinski definition) is 3. The second-order valence-electron chi connectivity index (χ2n) is 4.87. The van der Waals surface area contributed by atoms with Gasteiger partial charge in [-0.05, 0) is 30.5 Å². The van der Waals surface area contributed by atoms with Crippen molar-refractivity contribution in [3.8, 4) is 5.75 Å². The molecule has 1 unspecified atom stereocenters. The Morgan fingerprint density at radius 2 is 2.15 bits per heavy atom. The zero-order chi connectivity index (χ0) is 14.4. The highest BCUT2D eigenvalue weighted by molar-refractivity contribution is 5.90. The standard InChI is InChI=1S/C15H20N2O3/c1-2-9-20-12-5-3-11(4-6-12)10-16-15(19)13-7-8-14(18)17-13/h3-6,13H,2,7-10H2,1H3,(H,16,19)(H,17,18). The van der Waals surface area contributed by atoms with E-state index in [1.807, 2.05) is 24.3 Å². The van der Waals surface area contributed by atoms with Crippen LogP contribution in [0.5, 0.6) is 5.75 Å². The molecular formula is C15H20N2O3. The number of carbonyl (C=O) groups is 2. The van der Waals surface area contributed by atoms with Crippen molar-refractivity contribution >= 4 is 11.8 Å². The average molecular weight is 276 g/mol. The van der Waals surface area contributed by atoms with E-state index >= 15 is 0 Å². The van der Waals surface area contributed by atoms with E-state index < -0.39 is 0 Å². The van der Waals surface area contributed by atoms with Gasteiger partial charge in [0.15, 0.2) is 0 Å². The molecule has 108 valence electrons. The van der Waals surface area contributed by atoms with Crippen LogP contribution in [0.3, 0.4) is 0 Å². The SMILES string of the molecule is CCCOc1ccc(CNC(=O)C2CCC(=O)N2)cc1. The highest BCUT2D eigenvalue weighted by atomic mass is 16.5. The number of rotatable bonds is 6.